The fourth-order valence-corrected chi connectivity index (χ4v) is 5.29. The maximum Gasteiger partial charge on any atom is 0.489 e. The van der Waals surface area contributed by atoms with Crippen LogP contribution in [0.1, 0.15) is 61.3 Å². The van der Waals surface area contributed by atoms with Crippen LogP contribution in [0.5, 0.6) is 0 Å². The summed E-state index contributed by atoms with van der Waals surface area (Å²) in [5.74, 6) is -0.251. The van der Waals surface area contributed by atoms with Gasteiger partial charge in [0.05, 0.1) is 17.8 Å². The van der Waals surface area contributed by atoms with Crippen LogP contribution in [0, 0.1) is 0 Å². The lowest BCUT2D eigenvalue weighted by molar-refractivity contribution is -0.141. The number of ether oxygens (including phenoxy) is 1. The van der Waals surface area contributed by atoms with E-state index in [0.717, 1.165) is 18.3 Å². The van der Waals surface area contributed by atoms with Crippen molar-refractivity contribution in [2.75, 3.05) is 6.61 Å². The van der Waals surface area contributed by atoms with E-state index in [0.29, 0.717) is 6.61 Å². The predicted molar refractivity (Wildman–Crippen MR) is 104 cm³/mol. The molecule has 1 aliphatic heterocycles. The van der Waals surface area contributed by atoms with E-state index in [1.807, 2.05) is 0 Å². The Morgan fingerprint density at radius 3 is 2.12 bits per heavy atom. The van der Waals surface area contributed by atoms with Gasteiger partial charge in [-0.2, -0.15) is 0 Å². The van der Waals surface area contributed by atoms with Gasteiger partial charge in [-0.15, -0.1) is 0 Å². The van der Waals surface area contributed by atoms with Crippen molar-refractivity contribution in [3.8, 4) is 0 Å². The molecule has 1 heterocycles. The van der Waals surface area contributed by atoms with E-state index in [-0.39, 0.29) is 30.4 Å². The molecule has 0 amide bonds. The SMILES string of the molecule is CC(=O)OCCC/C(=C/[Si](C)(C)OC(C)C)B1OC(C)(C)C(C)(C)O1. The van der Waals surface area contributed by atoms with Gasteiger partial charge >= 0.3 is 13.1 Å². The number of esters is 1. The maximum atomic E-state index is 11.0. The smallest absolute Gasteiger partial charge is 0.466 e. The molecular formula is C18H35BO5Si. The van der Waals surface area contributed by atoms with Crippen molar-refractivity contribution in [1.82, 2.24) is 0 Å². The van der Waals surface area contributed by atoms with Crippen LogP contribution in [0.2, 0.25) is 13.1 Å². The van der Waals surface area contributed by atoms with E-state index in [4.69, 9.17) is 18.5 Å². The quantitative estimate of drug-likeness (QED) is 0.366. The van der Waals surface area contributed by atoms with E-state index in [2.05, 4.69) is 60.3 Å². The largest absolute Gasteiger partial charge is 0.489 e. The zero-order chi connectivity index (χ0) is 19.5. The minimum atomic E-state index is -2.00. The Balaban J connectivity index is 2.94. The molecule has 0 N–H and O–H groups in total. The van der Waals surface area contributed by atoms with Crippen LogP contribution in [0.3, 0.4) is 0 Å². The molecule has 0 spiro atoms. The Kier molecular flexibility index (Phi) is 7.51. The van der Waals surface area contributed by atoms with Crippen molar-refractivity contribution in [3.05, 3.63) is 11.2 Å². The summed E-state index contributed by atoms with van der Waals surface area (Å²) < 4.78 is 23.7. The highest BCUT2D eigenvalue weighted by atomic mass is 28.4. The zero-order valence-electron chi connectivity index (χ0n) is 17.4. The van der Waals surface area contributed by atoms with E-state index < -0.39 is 8.32 Å². The standard InChI is InChI=1S/C18H35BO5Si/c1-14(2)22-25(8,9)13-16(11-10-12-21-15(3)20)19-23-17(4,5)18(6,7)24-19/h13-14H,10-12H2,1-9H3/b16-13-. The summed E-state index contributed by atoms with van der Waals surface area (Å²) in [6.45, 7) is 18.5. The topological polar surface area (TPSA) is 54.0 Å². The summed E-state index contributed by atoms with van der Waals surface area (Å²) >= 11 is 0. The number of hydrogen-bond acceptors (Lipinski definition) is 5. The highest BCUT2D eigenvalue weighted by molar-refractivity contribution is 6.78. The lowest BCUT2D eigenvalue weighted by Crippen LogP contribution is -2.41. The van der Waals surface area contributed by atoms with E-state index in [9.17, 15) is 4.79 Å². The van der Waals surface area contributed by atoms with Crippen LogP contribution < -0.4 is 0 Å². The van der Waals surface area contributed by atoms with E-state index >= 15 is 0 Å². The Hall–Kier alpha value is -0.628. The van der Waals surface area contributed by atoms with Gasteiger partial charge in [-0.25, -0.2) is 0 Å². The number of carbonyl (C=O) groups is 1. The predicted octanol–water partition coefficient (Wildman–Crippen LogP) is 4.06. The average molecular weight is 370 g/mol. The Bertz CT molecular complexity index is 484. The molecule has 1 saturated heterocycles. The fraction of sp³-hybridized carbons (Fsp3) is 0.833. The van der Waals surface area contributed by atoms with Gasteiger partial charge in [0.2, 0.25) is 8.32 Å². The number of rotatable bonds is 8. The maximum absolute atomic E-state index is 11.0. The van der Waals surface area contributed by atoms with Gasteiger partial charge in [0.25, 0.3) is 0 Å². The third-order valence-corrected chi connectivity index (χ3v) is 6.69. The molecule has 25 heavy (non-hydrogen) atoms. The Labute approximate surface area is 154 Å². The van der Waals surface area contributed by atoms with Crippen molar-refractivity contribution in [1.29, 1.82) is 0 Å². The second-order valence-electron chi connectivity index (χ2n) is 8.52. The molecule has 0 aliphatic carbocycles. The molecule has 0 bridgehead atoms. The molecule has 0 saturated carbocycles. The van der Waals surface area contributed by atoms with Crippen molar-refractivity contribution in [2.24, 2.45) is 0 Å². The first-order valence-electron chi connectivity index (χ1n) is 9.14. The molecule has 0 aromatic carbocycles. The lowest BCUT2D eigenvalue weighted by atomic mass is 9.77. The highest BCUT2D eigenvalue weighted by Crippen LogP contribution is 2.39. The van der Waals surface area contributed by atoms with Gasteiger partial charge in [-0.05, 0) is 73.0 Å². The summed E-state index contributed by atoms with van der Waals surface area (Å²) in [5, 5.41) is 0. The molecule has 0 atom stereocenters. The molecule has 1 fully saturated rings. The van der Waals surface area contributed by atoms with Gasteiger partial charge in [-0.3, -0.25) is 4.79 Å². The van der Waals surface area contributed by atoms with Crippen molar-refractivity contribution in [2.45, 2.75) is 91.7 Å². The molecule has 0 aromatic rings. The Morgan fingerprint density at radius 2 is 1.68 bits per heavy atom. The van der Waals surface area contributed by atoms with Gasteiger partial charge in [-0.1, -0.05) is 5.70 Å². The fourth-order valence-electron chi connectivity index (χ4n) is 2.83. The molecule has 1 aliphatic rings. The Morgan fingerprint density at radius 1 is 1.16 bits per heavy atom. The summed E-state index contributed by atoms with van der Waals surface area (Å²) in [4.78, 5) is 11.0. The average Bonchev–Trinajstić information content (AvgIpc) is 2.60. The second kappa shape index (κ2) is 8.38. The molecule has 0 unspecified atom stereocenters. The molecule has 0 aromatic heterocycles. The highest BCUT2D eigenvalue weighted by Gasteiger charge is 2.52. The van der Waals surface area contributed by atoms with E-state index in [1.54, 1.807) is 0 Å². The van der Waals surface area contributed by atoms with Crippen molar-refractivity contribution in [3.63, 3.8) is 0 Å². The summed E-state index contributed by atoms with van der Waals surface area (Å²) in [6, 6.07) is 0. The monoisotopic (exact) mass is 370 g/mol. The van der Waals surface area contributed by atoms with E-state index in [1.165, 1.54) is 6.92 Å². The third-order valence-electron chi connectivity index (χ3n) is 4.54. The van der Waals surface area contributed by atoms with Crippen LogP contribution >= 0.6 is 0 Å². The van der Waals surface area contributed by atoms with Crippen molar-refractivity contribution < 1.29 is 23.3 Å². The molecule has 1 rings (SSSR count). The molecule has 7 heteroatoms. The molecule has 5 nitrogen and oxygen atoms in total. The first kappa shape index (κ1) is 22.4. The second-order valence-corrected chi connectivity index (χ2v) is 12.3. The first-order valence-corrected chi connectivity index (χ1v) is 12.1. The molecular weight excluding hydrogens is 335 g/mol. The van der Waals surface area contributed by atoms with Crippen LogP contribution in [-0.2, 0) is 23.3 Å². The van der Waals surface area contributed by atoms with Gasteiger partial charge in [0.15, 0.2) is 0 Å². The molecule has 144 valence electrons. The van der Waals surface area contributed by atoms with Gasteiger partial charge in [0.1, 0.15) is 0 Å². The normalized spacial score (nSPS) is 20.2. The minimum Gasteiger partial charge on any atom is -0.466 e. The summed E-state index contributed by atoms with van der Waals surface area (Å²) in [5.41, 5.74) is 2.56. The van der Waals surface area contributed by atoms with Crippen LogP contribution in [-0.4, -0.2) is 45.3 Å². The van der Waals surface area contributed by atoms with Crippen LogP contribution in [0.25, 0.3) is 0 Å². The van der Waals surface area contributed by atoms with Crippen LogP contribution in [0.15, 0.2) is 11.2 Å². The molecule has 0 radical (unpaired) electrons. The summed E-state index contributed by atoms with van der Waals surface area (Å²) in [6.07, 6.45) is 1.67. The van der Waals surface area contributed by atoms with Gasteiger partial charge < -0.3 is 18.5 Å². The van der Waals surface area contributed by atoms with Gasteiger partial charge in [0, 0.05) is 13.0 Å². The summed E-state index contributed by atoms with van der Waals surface area (Å²) in [7, 11) is -2.39. The third kappa shape index (κ3) is 6.89. The van der Waals surface area contributed by atoms with Crippen LogP contribution in [0.4, 0.5) is 0 Å². The number of hydrogen-bond donors (Lipinski definition) is 0. The minimum absolute atomic E-state index is 0.179. The zero-order valence-corrected chi connectivity index (χ0v) is 18.4. The first-order chi connectivity index (χ1) is 11.3. The number of carbonyl (C=O) groups excluding carboxylic acids is 1. The van der Waals surface area contributed by atoms with Crippen molar-refractivity contribution >= 4 is 21.4 Å². The number of allylic oxidation sites excluding steroid dienone is 1. The lowest BCUT2D eigenvalue weighted by Gasteiger charge is -2.32.